The van der Waals surface area contributed by atoms with Crippen molar-refractivity contribution in [2.75, 3.05) is 7.11 Å². The molecule has 21 heavy (non-hydrogen) atoms. The highest BCUT2D eigenvalue weighted by molar-refractivity contribution is 5.91. The first kappa shape index (κ1) is 17.8. The second kappa shape index (κ2) is 7.64. The van der Waals surface area contributed by atoms with Crippen molar-refractivity contribution >= 4 is 23.2 Å². The van der Waals surface area contributed by atoms with Gasteiger partial charge in [-0.2, -0.15) is 0 Å². The third-order valence-electron chi connectivity index (χ3n) is 4.09. The van der Waals surface area contributed by atoms with Crippen LogP contribution in [0.4, 0.5) is 0 Å². The van der Waals surface area contributed by atoms with E-state index < -0.39 is 6.10 Å². The molecule has 0 aliphatic carbocycles. The summed E-state index contributed by atoms with van der Waals surface area (Å²) < 4.78 is 5.39. The molecule has 0 heterocycles. The van der Waals surface area contributed by atoms with E-state index in [2.05, 4.69) is 6.92 Å². The summed E-state index contributed by atoms with van der Waals surface area (Å²) in [6.07, 6.45) is 0.361. The molecule has 2 aromatic carbocycles. The van der Waals surface area contributed by atoms with Crippen LogP contribution in [-0.4, -0.2) is 18.3 Å². The summed E-state index contributed by atoms with van der Waals surface area (Å²) in [5, 5.41) is 12.4. The molecule has 0 aromatic heterocycles. The van der Waals surface area contributed by atoms with Crippen LogP contribution >= 0.6 is 12.4 Å². The van der Waals surface area contributed by atoms with Crippen LogP contribution in [-0.2, 0) is 0 Å². The number of aliphatic hydroxyl groups excluding tert-OH is 1. The van der Waals surface area contributed by atoms with Gasteiger partial charge in [-0.15, -0.1) is 12.4 Å². The quantitative estimate of drug-likeness (QED) is 0.886. The van der Waals surface area contributed by atoms with Crippen LogP contribution < -0.4 is 10.5 Å². The molecule has 3 N–H and O–H groups in total. The van der Waals surface area contributed by atoms with E-state index in [1.54, 1.807) is 7.11 Å². The number of fused-ring (bicyclic) bond motifs is 1. The molecule has 3 nitrogen and oxygen atoms in total. The van der Waals surface area contributed by atoms with E-state index in [0.29, 0.717) is 0 Å². The molecule has 1 unspecified atom stereocenters. The zero-order valence-electron chi connectivity index (χ0n) is 12.7. The monoisotopic (exact) mass is 309 g/mol. The van der Waals surface area contributed by atoms with Crippen LogP contribution in [0.2, 0.25) is 0 Å². The number of halogens is 1. The molecular weight excluding hydrogens is 286 g/mol. The Morgan fingerprint density at radius 3 is 2.33 bits per heavy atom. The van der Waals surface area contributed by atoms with Crippen molar-refractivity contribution in [1.82, 2.24) is 0 Å². The van der Waals surface area contributed by atoms with Crippen LogP contribution in [0.3, 0.4) is 0 Å². The van der Waals surface area contributed by atoms with E-state index in [0.717, 1.165) is 28.5 Å². The lowest BCUT2D eigenvalue weighted by Crippen LogP contribution is -2.31. The minimum atomic E-state index is -0.545. The number of aliphatic hydroxyl groups is 1. The van der Waals surface area contributed by atoms with Gasteiger partial charge in [-0.3, -0.25) is 0 Å². The molecule has 0 spiro atoms. The molecule has 0 aliphatic rings. The van der Waals surface area contributed by atoms with Gasteiger partial charge in [0, 0.05) is 5.39 Å². The highest BCUT2D eigenvalue weighted by Gasteiger charge is 2.23. The molecule has 0 bridgehead atoms. The standard InChI is InChI=1S/C17H23NO2.ClH/c1-4-11(2)17(19)16(18)14-9-10-15(20-3)13-8-6-5-7-12(13)14;/h5-11,16-17,19H,4,18H2,1-3H3;1H/t11?,16-,17+;/m0./s1. The van der Waals surface area contributed by atoms with E-state index >= 15 is 0 Å². The Morgan fingerprint density at radius 1 is 1.14 bits per heavy atom. The maximum absolute atomic E-state index is 10.4. The number of benzene rings is 2. The average Bonchev–Trinajstić information content (AvgIpc) is 2.51. The first-order valence-electron chi connectivity index (χ1n) is 7.09. The van der Waals surface area contributed by atoms with Crippen LogP contribution in [0.5, 0.6) is 5.75 Å². The van der Waals surface area contributed by atoms with Gasteiger partial charge in [0.25, 0.3) is 0 Å². The maximum Gasteiger partial charge on any atom is 0.126 e. The van der Waals surface area contributed by atoms with E-state index in [-0.39, 0.29) is 24.4 Å². The smallest absolute Gasteiger partial charge is 0.126 e. The van der Waals surface area contributed by atoms with Crippen molar-refractivity contribution in [1.29, 1.82) is 0 Å². The van der Waals surface area contributed by atoms with Gasteiger partial charge in [-0.05, 0) is 22.9 Å². The third kappa shape index (κ3) is 3.49. The number of methoxy groups -OCH3 is 1. The van der Waals surface area contributed by atoms with Crippen molar-refractivity contribution in [2.45, 2.75) is 32.4 Å². The summed E-state index contributed by atoms with van der Waals surface area (Å²) >= 11 is 0. The zero-order chi connectivity index (χ0) is 14.7. The van der Waals surface area contributed by atoms with Crippen molar-refractivity contribution < 1.29 is 9.84 Å². The molecule has 0 amide bonds. The summed E-state index contributed by atoms with van der Waals surface area (Å²) in [5.41, 5.74) is 7.25. The van der Waals surface area contributed by atoms with Crippen molar-refractivity contribution in [3.63, 3.8) is 0 Å². The highest BCUT2D eigenvalue weighted by atomic mass is 35.5. The number of rotatable bonds is 5. The molecule has 0 radical (unpaired) electrons. The van der Waals surface area contributed by atoms with Gasteiger partial charge in [0.15, 0.2) is 0 Å². The van der Waals surface area contributed by atoms with E-state index in [4.69, 9.17) is 10.5 Å². The molecule has 2 rings (SSSR count). The molecular formula is C17H24ClNO2. The molecule has 4 heteroatoms. The number of ether oxygens (including phenoxy) is 1. The molecule has 116 valence electrons. The van der Waals surface area contributed by atoms with E-state index in [1.807, 2.05) is 43.3 Å². The van der Waals surface area contributed by atoms with Gasteiger partial charge >= 0.3 is 0 Å². The predicted octanol–water partition coefficient (Wildman–Crippen LogP) is 3.68. The summed E-state index contributed by atoms with van der Waals surface area (Å²) in [7, 11) is 1.66. The van der Waals surface area contributed by atoms with Gasteiger partial charge in [0.2, 0.25) is 0 Å². The Balaban J connectivity index is 0.00000220. The minimum absolute atomic E-state index is 0. The van der Waals surface area contributed by atoms with Gasteiger partial charge in [-0.1, -0.05) is 50.6 Å². The molecule has 3 atom stereocenters. The highest BCUT2D eigenvalue weighted by Crippen LogP contribution is 2.33. The summed E-state index contributed by atoms with van der Waals surface area (Å²) in [6, 6.07) is 11.5. The van der Waals surface area contributed by atoms with Crippen LogP contribution in [0.15, 0.2) is 36.4 Å². The van der Waals surface area contributed by atoms with Crippen LogP contribution in [0, 0.1) is 5.92 Å². The largest absolute Gasteiger partial charge is 0.496 e. The predicted molar refractivity (Wildman–Crippen MR) is 90.1 cm³/mol. The Labute approximate surface area is 132 Å². The molecule has 2 aromatic rings. The lowest BCUT2D eigenvalue weighted by Gasteiger charge is -2.25. The Morgan fingerprint density at radius 2 is 1.76 bits per heavy atom. The Bertz CT molecular complexity index is 588. The normalized spacial score (nSPS) is 15.1. The maximum atomic E-state index is 10.4. The number of nitrogens with two attached hydrogens (primary N) is 1. The topological polar surface area (TPSA) is 55.5 Å². The summed E-state index contributed by atoms with van der Waals surface area (Å²) in [4.78, 5) is 0. The number of hydrogen-bond donors (Lipinski definition) is 2. The Hall–Kier alpha value is -1.29. The summed E-state index contributed by atoms with van der Waals surface area (Å²) in [6.45, 7) is 4.09. The first-order valence-corrected chi connectivity index (χ1v) is 7.09. The summed E-state index contributed by atoms with van der Waals surface area (Å²) in [5.74, 6) is 1.00. The minimum Gasteiger partial charge on any atom is -0.496 e. The third-order valence-corrected chi connectivity index (χ3v) is 4.09. The fourth-order valence-electron chi connectivity index (χ4n) is 2.54. The first-order chi connectivity index (χ1) is 9.60. The second-order valence-corrected chi connectivity index (χ2v) is 5.30. The van der Waals surface area contributed by atoms with Crippen LogP contribution in [0.25, 0.3) is 10.8 Å². The van der Waals surface area contributed by atoms with Crippen molar-refractivity contribution in [2.24, 2.45) is 11.7 Å². The van der Waals surface area contributed by atoms with Crippen LogP contribution in [0.1, 0.15) is 31.9 Å². The van der Waals surface area contributed by atoms with Gasteiger partial charge in [0.1, 0.15) is 5.75 Å². The fraction of sp³-hybridized carbons (Fsp3) is 0.412. The van der Waals surface area contributed by atoms with Gasteiger partial charge in [0.05, 0.1) is 19.3 Å². The van der Waals surface area contributed by atoms with Gasteiger partial charge < -0.3 is 15.6 Å². The molecule has 0 saturated heterocycles. The van der Waals surface area contributed by atoms with Crippen molar-refractivity contribution in [3.8, 4) is 5.75 Å². The van der Waals surface area contributed by atoms with E-state index in [1.165, 1.54) is 0 Å². The second-order valence-electron chi connectivity index (χ2n) is 5.30. The van der Waals surface area contributed by atoms with Gasteiger partial charge in [-0.25, -0.2) is 0 Å². The molecule has 0 fully saturated rings. The lowest BCUT2D eigenvalue weighted by molar-refractivity contribution is 0.0884. The average molecular weight is 310 g/mol. The van der Waals surface area contributed by atoms with E-state index in [9.17, 15) is 5.11 Å². The molecule has 0 aliphatic heterocycles. The number of hydrogen-bond acceptors (Lipinski definition) is 3. The SMILES string of the molecule is CCC(C)[C@@H](O)[C@@H](N)c1ccc(OC)c2ccccc12.Cl. The zero-order valence-corrected chi connectivity index (χ0v) is 13.6. The lowest BCUT2D eigenvalue weighted by atomic mass is 9.89. The molecule has 0 saturated carbocycles. The van der Waals surface area contributed by atoms with Crippen molar-refractivity contribution in [3.05, 3.63) is 42.0 Å². The Kier molecular flexibility index (Phi) is 6.46. The fourth-order valence-corrected chi connectivity index (χ4v) is 2.54.